The molecule has 0 fully saturated rings. The fraction of sp³-hybridized carbons (Fsp3) is 0.105. The fourth-order valence-electron chi connectivity index (χ4n) is 2.46. The van der Waals surface area contributed by atoms with E-state index in [1.54, 1.807) is 24.3 Å². The van der Waals surface area contributed by atoms with Crippen LogP contribution in [-0.4, -0.2) is 15.7 Å². The van der Waals surface area contributed by atoms with Crippen molar-refractivity contribution in [1.82, 2.24) is 9.78 Å². The van der Waals surface area contributed by atoms with E-state index in [9.17, 15) is 18.4 Å². The van der Waals surface area contributed by atoms with Gasteiger partial charge in [-0.2, -0.15) is 5.10 Å². The van der Waals surface area contributed by atoms with Gasteiger partial charge in [0.1, 0.15) is 17.4 Å². The van der Waals surface area contributed by atoms with Crippen molar-refractivity contribution in [3.05, 3.63) is 82.1 Å². The Balaban J connectivity index is 1.94. The zero-order valence-electron chi connectivity index (χ0n) is 13.8. The van der Waals surface area contributed by atoms with Gasteiger partial charge in [0.15, 0.2) is 0 Å². The molecule has 26 heavy (non-hydrogen) atoms. The van der Waals surface area contributed by atoms with Crippen molar-refractivity contribution in [2.45, 2.75) is 13.5 Å². The van der Waals surface area contributed by atoms with E-state index in [0.29, 0.717) is 11.3 Å². The summed E-state index contributed by atoms with van der Waals surface area (Å²) in [6.45, 7) is 1.40. The summed E-state index contributed by atoms with van der Waals surface area (Å²) in [4.78, 5) is 23.1. The predicted molar refractivity (Wildman–Crippen MR) is 90.7 cm³/mol. The van der Waals surface area contributed by atoms with Crippen LogP contribution < -0.4 is 10.3 Å². The second-order valence-electron chi connectivity index (χ2n) is 5.61. The van der Waals surface area contributed by atoms with Crippen LogP contribution in [0.2, 0.25) is 0 Å². The Hall–Kier alpha value is -3.35. The second-order valence-corrected chi connectivity index (χ2v) is 5.61. The molecule has 0 aliphatic heterocycles. The monoisotopic (exact) mass is 356 g/mol. The summed E-state index contributed by atoms with van der Waals surface area (Å²) >= 11 is 0. The topological polar surface area (TPSA) is 61.2 Å². The average molecular weight is 356 g/mol. The molecule has 0 radical (unpaired) electrons. The minimum absolute atomic E-state index is 0.111. The third kappa shape index (κ3) is 4.18. The highest BCUT2D eigenvalue weighted by molar-refractivity contribution is 5.69. The van der Waals surface area contributed by atoms with E-state index >= 15 is 0 Å². The molecule has 0 N–H and O–H groups in total. The molecule has 0 atom stereocenters. The number of hydrogen-bond acceptors (Lipinski definition) is 4. The van der Waals surface area contributed by atoms with Gasteiger partial charge in [-0.1, -0.05) is 12.1 Å². The zero-order chi connectivity index (χ0) is 18.7. The summed E-state index contributed by atoms with van der Waals surface area (Å²) in [6.07, 6.45) is 0. The van der Waals surface area contributed by atoms with E-state index in [1.165, 1.54) is 23.7 Å². The Bertz CT molecular complexity index is 1010. The molecule has 0 spiro atoms. The zero-order valence-corrected chi connectivity index (χ0v) is 13.8. The lowest BCUT2D eigenvalue weighted by atomic mass is 10.1. The number of aromatic nitrogens is 2. The predicted octanol–water partition coefficient (Wildman–Crippen LogP) is 3.16. The van der Waals surface area contributed by atoms with Gasteiger partial charge in [0.05, 0.1) is 12.2 Å². The molecule has 0 aliphatic carbocycles. The molecule has 7 heteroatoms. The third-order valence-electron chi connectivity index (χ3n) is 3.52. The summed E-state index contributed by atoms with van der Waals surface area (Å²) in [5.41, 5.74) is 0.800. The van der Waals surface area contributed by atoms with E-state index < -0.39 is 17.6 Å². The quantitative estimate of drug-likeness (QED) is 0.532. The van der Waals surface area contributed by atoms with E-state index in [4.69, 9.17) is 4.74 Å². The van der Waals surface area contributed by atoms with Crippen molar-refractivity contribution < 1.29 is 18.3 Å². The average Bonchev–Trinajstić information content (AvgIpc) is 2.55. The van der Waals surface area contributed by atoms with E-state index in [2.05, 4.69) is 5.10 Å². The molecule has 3 aromatic rings. The first-order valence-electron chi connectivity index (χ1n) is 7.73. The Morgan fingerprint density at radius 3 is 2.50 bits per heavy atom. The molecule has 0 aliphatic rings. The van der Waals surface area contributed by atoms with E-state index in [-0.39, 0.29) is 23.4 Å². The van der Waals surface area contributed by atoms with Crippen LogP contribution in [0.1, 0.15) is 12.5 Å². The number of esters is 1. The van der Waals surface area contributed by atoms with Gasteiger partial charge in [0.25, 0.3) is 5.56 Å². The first kappa shape index (κ1) is 17.5. The van der Waals surface area contributed by atoms with Crippen molar-refractivity contribution in [2.24, 2.45) is 0 Å². The molecule has 5 nitrogen and oxygen atoms in total. The van der Waals surface area contributed by atoms with Crippen molar-refractivity contribution in [2.75, 3.05) is 0 Å². The first-order chi connectivity index (χ1) is 12.4. The maximum atomic E-state index is 13.4. The number of hydrogen-bond donors (Lipinski definition) is 0. The van der Waals surface area contributed by atoms with Crippen LogP contribution in [0.25, 0.3) is 11.3 Å². The molecule has 132 valence electrons. The molecule has 3 rings (SSSR count). The van der Waals surface area contributed by atoms with Crippen molar-refractivity contribution >= 4 is 5.97 Å². The number of rotatable bonds is 4. The number of nitrogens with zero attached hydrogens (tertiary/aromatic N) is 2. The molecule has 1 aromatic heterocycles. The molecule has 0 bridgehead atoms. The Morgan fingerprint density at radius 1 is 1.08 bits per heavy atom. The Labute approximate surface area is 147 Å². The standard InChI is InChI=1S/C19H14F2N2O3/c1-12(24)26-17-4-2-3-13(7-17)11-23-19(25)6-5-18(22-23)14-8-15(20)10-16(21)9-14/h2-10H,11H2,1H3. The Kier molecular flexibility index (Phi) is 4.88. The number of halogens is 2. The summed E-state index contributed by atoms with van der Waals surface area (Å²) in [5, 5.41) is 4.17. The smallest absolute Gasteiger partial charge is 0.308 e. The minimum atomic E-state index is -0.728. The van der Waals surface area contributed by atoms with Gasteiger partial charge < -0.3 is 4.74 Å². The summed E-state index contributed by atoms with van der Waals surface area (Å²) in [5.74, 6) is -1.55. The van der Waals surface area contributed by atoms with Crippen LogP contribution in [0.3, 0.4) is 0 Å². The van der Waals surface area contributed by atoms with E-state index in [1.807, 2.05) is 0 Å². The summed E-state index contributed by atoms with van der Waals surface area (Å²) in [7, 11) is 0. The fourth-order valence-corrected chi connectivity index (χ4v) is 2.46. The van der Waals surface area contributed by atoms with Gasteiger partial charge in [-0.3, -0.25) is 9.59 Å². The highest BCUT2D eigenvalue weighted by Crippen LogP contribution is 2.19. The van der Waals surface area contributed by atoms with Gasteiger partial charge in [-0.25, -0.2) is 13.5 Å². The van der Waals surface area contributed by atoms with Crippen LogP contribution in [-0.2, 0) is 11.3 Å². The normalized spacial score (nSPS) is 10.6. The maximum absolute atomic E-state index is 13.4. The molecule has 0 saturated carbocycles. The SMILES string of the molecule is CC(=O)Oc1cccc(Cn2nc(-c3cc(F)cc(F)c3)ccc2=O)c1. The molecular formula is C19H14F2N2O3. The molecule has 1 heterocycles. The van der Waals surface area contributed by atoms with Crippen molar-refractivity contribution in [3.63, 3.8) is 0 Å². The van der Waals surface area contributed by atoms with Gasteiger partial charge in [-0.05, 0) is 35.9 Å². The van der Waals surface area contributed by atoms with Crippen LogP contribution >= 0.6 is 0 Å². The number of carbonyl (C=O) groups excluding carboxylic acids is 1. The van der Waals surface area contributed by atoms with Crippen LogP contribution in [0.5, 0.6) is 5.75 Å². The highest BCUT2D eigenvalue weighted by atomic mass is 19.1. The minimum Gasteiger partial charge on any atom is -0.427 e. The molecule has 0 amide bonds. The van der Waals surface area contributed by atoms with E-state index in [0.717, 1.165) is 18.2 Å². The largest absolute Gasteiger partial charge is 0.427 e. The second kappa shape index (κ2) is 7.26. The highest BCUT2D eigenvalue weighted by Gasteiger charge is 2.08. The van der Waals surface area contributed by atoms with Crippen LogP contribution in [0.15, 0.2) is 59.4 Å². The number of benzene rings is 2. The molecule has 2 aromatic carbocycles. The van der Waals surface area contributed by atoms with Crippen LogP contribution in [0.4, 0.5) is 8.78 Å². The first-order valence-corrected chi connectivity index (χ1v) is 7.73. The lowest BCUT2D eigenvalue weighted by Gasteiger charge is -2.09. The summed E-state index contributed by atoms with van der Waals surface area (Å²) < 4.78 is 33.0. The van der Waals surface area contributed by atoms with Gasteiger partial charge in [0.2, 0.25) is 0 Å². The van der Waals surface area contributed by atoms with Gasteiger partial charge in [-0.15, -0.1) is 0 Å². The number of carbonyl (C=O) groups is 1. The van der Waals surface area contributed by atoms with Crippen molar-refractivity contribution in [1.29, 1.82) is 0 Å². The van der Waals surface area contributed by atoms with Crippen molar-refractivity contribution in [3.8, 4) is 17.0 Å². The maximum Gasteiger partial charge on any atom is 0.308 e. The van der Waals surface area contributed by atoms with Crippen LogP contribution in [0, 0.1) is 11.6 Å². The molecule has 0 unspecified atom stereocenters. The lowest BCUT2D eigenvalue weighted by Crippen LogP contribution is -2.22. The lowest BCUT2D eigenvalue weighted by molar-refractivity contribution is -0.131. The number of ether oxygens (including phenoxy) is 1. The van der Waals surface area contributed by atoms with Gasteiger partial charge in [0, 0.05) is 24.6 Å². The molecule has 0 saturated heterocycles. The molecular weight excluding hydrogens is 342 g/mol. The summed E-state index contributed by atoms with van der Waals surface area (Å²) in [6, 6.07) is 12.4. The van der Waals surface area contributed by atoms with Gasteiger partial charge >= 0.3 is 5.97 Å². The Morgan fingerprint density at radius 2 is 1.81 bits per heavy atom. The third-order valence-corrected chi connectivity index (χ3v) is 3.52.